The van der Waals surface area contributed by atoms with E-state index in [4.69, 9.17) is 37.8 Å². The predicted octanol–water partition coefficient (Wildman–Crippen LogP) is 8.27. The molecule has 2 N–H and O–H groups in total. The fourth-order valence-electron chi connectivity index (χ4n) is 5.31. The molecule has 1 heterocycles. The van der Waals surface area contributed by atoms with Crippen molar-refractivity contribution in [2.75, 3.05) is 19.7 Å². The van der Waals surface area contributed by atoms with E-state index < -0.39 is 0 Å². The number of nitrogens with zero attached hydrogens (tertiary/aromatic N) is 1. The van der Waals surface area contributed by atoms with E-state index in [0.29, 0.717) is 24.3 Å². The van der Waals surface area contributed by atoms with Gasteiger partial charge >= 0.3 is 0 Å². The number of hydrogen-bond donors (Lipinski definition) is 2. The summed E-state index contributed by atoms with van der Waals surface area (Å²) in [6, 6.07) is 14.3. The van der Waals surface area contributed by atoms with Crippen molar-refractivity contribution in [2.45, 2.75) is 88.9 Å². The Hall–Kier alpha value is -2.15. The first-order valence-electron chi connectivity index (χ1n) is 15.2. The zero-order chi connectivity index (χ0) is 28.5. The molecule has 0 amide bonds. The number of ether oxygens (including phenoxy) is 2. The Morgan fingerprint density at radius 3 is 2.39 bits per heavy atom. The maximum atomic E-state index is 8.85. The molecule has 0 saturated heterocycles. The van der Waals surface area contributed by atoms with Crippen LogP contribution >= 0.6 is 23.2 Å². The molecule has 2 saturated carbocycles. The summed E-state index contributed by atoms with van der Waals surface area (Å²) in [5, 5.41) is 13.8. The monoisotopic (exact) mass is 596 g/mol. The van der Waals surface area contributed by atoms with E-state index in [1.807, 2.05) is 30.6 Å². The maximum Gasteiger partial charge on any atom is 0.127 e. The number of hydrogen-bond acceptors (Lipinski definition) is 5. The topological polar surface area (TPSA) is 63.6 Å². The van der Waals surface area contributed by atoms with Gasteiger partial charge in [0.15, 0.2) is 0 Å². The summed E-state index contributed by atoms with van der Waals surface area (Å²) in [7, 11) is 0. The smallest absolute Gasteiger partial charge is 0.127 e. The third kappa shape index (κ3) is 8.46. The summed E-state index contributed by atoms with van der Waals surface area (Å²) in [4.78, 5) is 4.46. The third-order valence-corrected chi connectivity index (χ3v) is 8.75. The largest absolute Gasteiger partial charge is 0.490 e. The lowest BCUT2D eigenvalue weighted by molar-refractivity contribution is 0.0174. The van der Waals surface area contributed by atoms with Crippen LogP contribution in [0.2, 0.25) is 10.0 Å². The lowest BCUT2D eigenvalue weighted by Gasteiger charge is -2.22. The number of rotatable bonds is 18. The first-order chi connectivity index (χ1) is 20.1. The first kappa shape index (κ1) is 30.3. The number of aryl methyl sites for hydroxylation is 1. The van der Waals surface area contributed by atoms with E-state index in [-0.39, 0.29) is 5.60 Å². The van der Waals surface area contributed by atoms with Crippen molar-refractivity contribution in [1.29, 1.82) is 0 Å². The fraction of sp³-hybridized carbons (Fsp3) is 0.500. The van der Waals surface area contributed by atoms with Gasteiger partial charge < -0.3 is 19.9 Å². The number of nitrogens with one attached hydrogen (secondary N) is 1. The average molecular weight is 598 g/mol. The Balaban J connectivity index is 1.16. The molecular weight excluding hydrogens is 555 g/mol. The Bertz CT molecular complexity index is 1280. The van der Waals surface area contributed by atoms with Crippen LogP contribution < -0.4 is 10.1 Å². The summed E-state index contributed by atoms with van der Waals surface area (Å²) in [5.74, 6) is 0.925. The average Bonchev–Trinajstić information content (AvgIpc) is 3.93. The second-order valence-electron chi connectivity index (χ2n) is 11.4. The van der Waals surface area contributed by atoms with E-state index in [0.717, 1.165) is 116 Å². The SMILES string of the molecule is OCCCCCCNCCCCc1cc(Cl)c(COC2(c3cnccc3-c3ccccc3OC3CC3)CC2)cc1Cl. The minimum absolute atomic E-state index is 0.299. The minimum atomic E-state index is -0.378. The van der Waals surface area contributed by atoms with Gasteiger partial charge in [0, 0.05) is 40.2 Å². The molecule has 0 atom stereocenters. The van der Waals surface area contributed by atoms with Gasteiger partial charge in [0.05, 0.1) is 18.3 Å². The standard InChI is InChI=1S/C34H42Cl2N2O3/c35-31-22-26(32(36)21-25(31)9-5-7-18-37-17-6-1-2-8-20-39)24-40-34(15-16-34)30-23-38-19-14-28(30)29-10-3-4-11-33(29)41-27-12-13-27/h3-4,10-11,14,19,21-23,27,37,39H,1-2,5-9,12-13,15-18,20,24H2. The fourth-order valence-corrected chi connectivity index (χ4v) is 5.83. The van der Waals surface area contributed by atoms with Crippen LogP contribution in [0.3, 0.4) is 0 Å². The number of aromatic nitrogens is 1. The second-order valence-corrected chi connectivity index (χ2v) is 12.2. The van der Waals surface area contributed by atoms with Crippen LogP contribution in [0, 0.1) is 0 Å². The number of pyridine rings is 1. The molecule has 1 aromatic heterocycles. The Labute approximate surface area is 254 Å². The quantitative estimate of drug-likeness (QED) is 0.145. The summed E-state index contributed by atoms with van der Waals surface area (Å²) in [5.41, 5.74) is 4.93. The molecule has 7 heteroatoms. The highest BCUT2D eigenvalue weighted by Gasteiger charge is 2.47. The van der Waals surface area contributed by atoms with Crippen LogP contribution in [0.1, 0.15) is 80.9 Å². The molecule has 0 radical (unpaired) electrons. The van der Waals surface area contributed by atoms with Gasteiger partial charge in [-0.1, -0.05) is 54.2 Å². The van der Waals surface area contributed by atoms with Gasteiger partial charge in [0.1, 0.15) is 5.75 Å². The molecule has 5 rings (SSSR count). The van der Waals surface area contributed by atoms with Gasteiger partial charge in [-0.15, -0.1) is 0 Å². The molecule has 2 aromatic carbocycles. The maximum absolute atomic E-state index is 8.85. The Morgan fingerprint density at radius 2 is 1.61 bits per heavy atom. The number of halogens is 2. The van der Waals surface area contributed by atoms with Gasteiger partial charge in [0.2, 0.25) is 0 Å². The molecule has 220 valence electrons. The van der Waals surface area contributed by atoms with Crippen LogP contribution in [0.15, 0.2) is 54.9 Å². The zero-order valence-electron chi connectivity index (χ0n) is 23.8. The van der Waals surface area contributed by atoms with Gasteiger partial charge in [-0.3, -0.25) is 4.98 Å². The third-order valence-electron chi connectivity index (χ3n) is 8.04. The van der Waals surface area contributed by atoms with Crippen molar-refractivity contribution in [3.8, 4) is 16.9 Å². The molecule has 0 spiro atoms. The summed E-state index contributed by atoms with van der Waals surface area (Å²) >= 11 is 13.4. The molecule has 2 aliphatic carbocycles. The van der Waals surface area contributed by atoms with E-state index in [1.54, 1.807) is 0 Å². The van der Waals surface area contributed by atoms with Crippen molar-refractivity contribution in [3.05, 3.63) is 81.6 Å². The van der Waals surface area contributed by atoms with Crippen molar-refractivity contribution in [2.24, 2.45) is 0 Å². The molecular formula is C34H42Cl2N2O3. The van der Waals surface area contributed by atoms with E-state index in [2.05, 4.69) is 34.6 Å². The van der Waals surface area contributed by atoms with Crippen LogP contribution in [-0.2, 0) is 23.4 Å². The molecule has 0 aliphatic heterocycles. The normalized spacial score (nSPS) is 15.7. The molecule has 2 fully saturated rings. The van der Waals surface area contributed by atoms with Crippen LogP contribution in [0.4, 0.5) is 0 Å². The zero-order valence-corrected chi connectivity index (χ0v) is 25.4. The lowest BCUT2D eigenvalue weighted by Crippen LogP contribution is -2.16. The highest BCUT2D eigenvalue weighted by Crippen LogP contribution is 2.53. The summed E-state index contributed by atoms with van der Waals surface area (Å²) in [6.07, 6.45) is 15.7. The van der Waals surface area contributed by atoms with E-state index in [1.165, 1.54) is 6.42 Å². The second kappa shape index (κ2) is 14.8. The predicted molar refractivity (Wildman–Crippen MR) is 167 cm³/mol. The van der Waals surface area contributed by atoms with Gasteiger partial charge in [-0.25, -0.2) is 0 Å². The molecule has 2 aliphatic rings. The van der Waals surface area contributed by atoms with Crippen LogP contribution in [0.5, 0.6) is 5.75 Å². The number of benzene rings is 2. The van der Waals surface area contributed by atoms with Crippen LogP contribution in [-0.4, -0.2) is 35.9 Å². The first-order valence-corrected chi connectivity index (χ1v) is 16.0. The molecule has 41 heavy (non-hydrogen) atoms. The number of aliphatic hydroxyl groups excluding tert-OH is 1. The Morgan fingerprint density at radius 1 is 0.878 bits per heavy atom. The van der Waals surface area contributed by atoms with Crippen molar-refractivity contribution >= 4 is 23.2 Å². The minimum Gasteiger partial charge on any atom is -0.490 e. The lowest BCUT2D eigenvalue weighted by atomic mass is 9.96. The Kier molecular flexibility index (Phi) is 11.0. The molecule has 5 nitrogen and oxygen atoms in total. The van der Waals surface area contributed by atoms with Crippen LogP contribution in [0.25, 0.3) is 11.1 Å². The van der Waals surface area contributed by atoms with Crippen molar-refractivity contribution in [1.82, 2.24) is 10.3 Å². The van der Waals surface area contributed by atoms with E-state index in [9.17, 15) is 0 Å². The van der Waals surface area contributed by atoms with E-state index >= 15 is 0 Å². The van der Waals surface area contributed by atoms with Crippen molar-refractivity contribution < 1.29 is 14.6 Å². The highest BCUT2D eigenvalue weighted by atomic mass is 35.5. The molecule has 0 bridgehead atoms. The van der Waals surface area contributed by atoms with Gasteiger partial charge in [0.25, 0.3) is 0 Å². The summed E-state index contributed by atoms with van der Waals surface area (Å²) in [6.45, 7) is 2.74. The van der Waals surface area contributed by atoms with Gasteiger partial charge in [-0.05, 0) is 112 Å². The molecule has 3 aromatic rings. The summed E-state index contributed by atoms with van der Waals surface area (Å²) < 4.78 is 12.8. The number of aliphatic hydroxyl groups is 1. The van der Waals surface area contributed by atoms with Crippen molar-refractivity contribution in [3.63, 3.8) is 0 Å². The number of para-hydroxylation sites is 1. The van der Waals surface area contributed by atoms with Gasteiger partial charge in [-0.2, -0.15) is 0 Å². The molecule has 0 unspecified atom stereocenters. The number of unbranched alkanes of at least 4 members (excludes halogenated alkanes) is 4. The highest BCUT2D eigenvalue weighted by molar-refractivity contribution is 6.34.